The predicted octanol–water partition coefficient (Wildman–Crippen LogP) is 6.25. The number of rotatable bonds is 10. The van der Waals surface area contributed by atoms with E-state index in [0.29, 0.717) is 28.4 Å². The van der Waals surface area contributed by atoms with Crippen LogP contribution in [0.4, 0.5) is 11.4 Å². The van der Waals surface area contributed by atoms with E-state index in [1.54, 1.807) is 66.7 Å². The molecule has 0 unspecified atom stereocenters. The van der Waals surface area contributed by atoms with Crippen LogP contribution < -0.4 is 14.4 Å². The molecule has 0 spiro atoms. The summed E-state index contributed by atoms with van der Waals surface area (Å²) in [5, 5.41) is 3.58. The summed E-state index contributed by atoms with van der Waals surface area (Å²) in [6.07, 6.45) is 1.75. The van der Waals surface area contributed by atoms with E-state index in [2.05, 4.69) is 5.32 Å². The van der Waals surface area contributed by atoms with Crippen LogP contribution in [-0.4, -0.2) is 41.1 Å². The summed E-state index contributed by atoms with van der Waals surface area (Å²) in [4.78, 5) is 25.6. The third-order valence-electron chi connectivity index (χ3n) is 6.15. The number of ether oxygens (including phenoxy) is 2. The van der Waals surface area contributed by atoms with Gasteiger partial charge in [-0.25, -0.2) is 13.2 Å². The van der Waals surface area contributed by atoms with Crippen molar-refractivity contribution in [2.75, 3.05) is 30.4 Å². The lowest BCUT2D eigenvalue weighted by Crippen LogP contribution is -2.27. The highest BCUT2D eigenvalue weighted by Crippen LogP contribution is 2.34. The van der Waals surface area contributed by atoms with E-state index < -0.39 is 16.0 Å². The van der Waals surface area contributed by atoms with E-state index in [9.17, 15) is 18.0 Å². The Kier molecular flexibility index (Phi) is 8.57. The normalized spacial score (nSPS) is 11.3. The van der Waals surface area contributed by atoms with Crippen LogP contribution in [0, 0.1) is 6.92 Å². The Balaban J connectivity index is 1.51. The minimum absolute atomic E-state index is 0.0817. The highest BCUT2D eigenvalue weighted by molar-refractivity contribution is 7.93. The van der Waals surface area contributed by atoms with Crippen molar-refractivity contribution in [1.82, 2.24) is 0 Å². The molecule has 3 aromatic carbocycles. The second kappa shape index (κ2) is 11.9. The van der Waals surface area contributed by atoms with Gasteiger partial charge in [-0.1, -0.05) is 19.4 Å². The number of unbranched alkanes of at least 4 members (excludes halogenated alkanes) is 1. The van der Waals surface area contributed by atoms with Gasteiger partial charge in [0, 0.05) is 17.4 Å². The summed E-state index contributed by atoms with van der Waals surface area (Å²) in [5.74, 6) is -0.430. The first-order chi connectivity index (χ1) is 18.6. The molecule has 8 nitrogen and oxygen atoms in total. The molecule has 0 atom stereocenters. The van der Waals surface area contributed by atoms with E-state index in [1.807, 2.05) is 13.8 Å². The fourth-order valence-corrected chi connectivity index (χ4v) is 6.25. The van der Waals surface area contributed by atoms with E-state index >= 15 is 0 Å². The highest BCUT2D eigenvalue weighted by atomic mass is 32.2. The summed E-state index contributed by atoms with van der Waals surface area (Å²) in [6, 6.07) is 18.5. The minimum Gasteiger partial charge on any atom is -0.495 e. The molecule has 0 radical (unpaired) electrons. The number of carbonyl (C=O) groups is 2. The molecule has 204 valence electrons. The van der Waals surface area contributed by atoms with Crippen molar-refractivity contribution < 1.29 is 27.5 Å². The van der Waals surface area contributed by atoms with Crippen LogP contribution >= 0.6 is 11.3 Å². The Labute approximate surface area is 232 Å². The Hall–Kier alpha value is -3.89. The Bertz CT molecular complexity index is 1610. The number of benzene rings is 3. The van der Waals surface area contributed by atoms with Crippen molar-refractivity contribution in [3.05, 3.63) is 82.7 Å². The number of aryl methyl sites for hydroxylation is 1. The Morgan fingerprint density at radius 2 is 1.74 bits per heavy atom. The number of thiophene rings is 1. The topological polar surface area (TPSA) is 102 Å². The molecule has 1 aromatic heterocycles. The van der Waals surface area contributed by atoms with Gasteiger partial charge in [0.05, 0.1) is 29.8 Å². The van der Waals surface area contributed by atoms with Gasteiger partial charge in [0.1, 0.15) is 10.6 Å². The maximum atomic E-state index is 13.4. The number of nitrogens with one attached hydrogen (secondary N) is 1. The molecule has 0 aliphatic heterocycles. The fraction of sp³-hybridized carbons (Fsp3) is 0.241. The van der Waals surface area contributed by atoms with Gasteiger partial charge in [-0.2, -0.15) is 0 Å². The lowest BCUT2D eigenvalue weighted by molar-refractivity contribution is 0.0499. The zero-order valence-electron chi connectivity index (χ0n) is 22.2. The van der Waals surface area contributed by atoms with Crippen LogP contribution in [0.3, 0.4) is 0 Å². The van der Waals surface area contributed by atoms with Gasteiger partial charge < -0.3 is 14.8 Å². The van der Waals surface area contributed by atoms with Crippen LogP contribution in [0.2, 0.25) is 0 Å². The SMILES string of the molecule is CCCCOC(=O)c1ccc(NC(=O)c2cc3cc(N(C)S(=O)(=O)c4cc(C)ccc4OC)ccc3s2)cc1. The molecule has 39 heavy (non-hydrogen) atoms. The van der Waals surface area contributed by atoms with Crippen molar-refractivity contribution in [3.63, 3.8) is 0 Å². The number of hydrogen-bond donors (Lipinski definition) is 1. The first kappa shape index (κ1) is 28.1. The summed E-state index contributed by atoms with van der Waals surface area (Å²) in [7, 11) is -0.970. The lowest BCUT2D eigenvalue weighted by Gasteiger charge is -2.21. The molecule has 0 saturated heterocycles. The third kappa shape index (κ3) is 6.23. The fourth-order valence-electron chi connectivity index (χ4n) is 3.89. The number of esters is 1. The number of methoxy groups -OCH3 is 1. The average molecular weight is 567 g/mol. The van der Waals surface area contributed by atoms with Crippen molar-refractivity contribution in [2.45, 2.75) is 31.6 Å². The molecule has 4 rings (SSSR count). The largest absolute Gasteiger partial charge is 0.495 e. The van der Waals surface area contributed by atoms with Crippen LogP contribution in [0.25, 0.3) is 10.1 Å². The van der Waals surface area contributed by atoms with Gasteiger partial charge in [-0.05, 0) is 85.0 Å². The molecule has 0 saturated carbocycles. The molecule has 0 aliphatic rings. The lowest BCUT2D eigenvalue weighted by atomic mass is 10.2. The number of carbonyl (C=O) groups excluding carboxylic acids is 2. The number of fused-ring (bicyclic) bond motifs is 1. The van der Waals surface area contributed by atoms with Gasteiger partial charge in [-0.3, -0.25) is 9.10 Å². The quantitative estimate of drug-likeness (QED) is 0.180. The maximum absolute atomic E-state index is 13.4. The Morgan fingerprint density at radius 3 is 2.44 bits per heavy atom. The van der Waals surface area contributed by atoms with Gasteiger partial charge in [-0.15, -0.1) is 11.3 Å². The number of nitrogens with zero attached hydrogens (tertiary/aromatic N) is 1. The molecule has 1 heterocycles. The van der Waals surface area contributed by atoms with Gasteiger partial charge in [0.2, 0.25) is 0 Å². The summed E-state index contributed by atoms with van der Waals surface area (Å²) >= 11 is 1.30. The van der Waals surface area contributed by atoms with Crippen molar-refractivity contribution in [1.29, 1.82) is 0 Å². The minimum atomic E-state index is -3.89. The first-order valence-electron chi connectivity index (χ1n) is 12.4. The van der Waals surface area contributed by atoms with Crippen molar-refractivity contribution in [3.8, 4) is 5.75 Å². The van der Waals surface area contributed by atoms with Gasteiger partial charge in [0.15, 0.2) is 0 Å². The van der Waals surface area contributed by atoms with Crippen LogP contribution in [0.15, 0.2) is 71.6 Å². The molecular weight excluding hydrogens is 536 g/mol. The summed E-state index contributed by atoms with van der Waals surface area (Å²) in [5.41, 5.74) is 2.22. The number of hydrogen-bond acceptors (Lipinski definition) is 7. The summed E-state index contributed by atoms with van der Waals surface area (Å²) < 4.78 is 39.4. The molecule has 0 bridgehead atoms. The molecular formula is C29H30N2O6S2. The smallest absolute Gasteiger partial charge is 0.338 e. The Morgan fingerprint density at radius 1 is 1.00 bits per heavy atom. The zero-order valence-corrected chi connectivity index (χ0v) is 23.8. The average Bonchev–Trinajstić information content (AvgIpc) is 3.37. The van der Waals surface area contributed by atoms with E-state index in [-0.39, 0.29) is 16.6 Å². The second-order valence-electron chi connectivity index (χ2n) is 8.98. The first-order valence-corrected chi connectivity index (χ1v) is 14.7. The van der Waals surface area contributed by atoms with E-state index in [1.165, 1.54) is 29.8 Å². The summed E-state index contributed by atoms with van der Waals surface area (Å²) in [6.45, 7) is 4.22. The predicted molar refractivity (Wildman–Crippen MR) is 155 cm³/mol. The van der Waals surface area contributed by atoms with E-state index in [4.69, 9.17) is 9.47 Å². The molecule has 10 heteroatoms. The number of anilines is 2. The second-order valence-corrected chi connectivity index (χ2v) is 12.0. The van der Waals surface area contributed by atoms with E-state index in [0.717, 1.165) is 28.5 Å². The van der Waals surface area contributed by atoms with Crippen LogP contribution in [0.5, 0.6) is 5.75 Å². The number of amides is 1. The van der Waals surface area contributed by atoms with Crippen LogP contribution in [-0.2, 0) is 14.8 Å². The third-order valence-corrected chi connectivity index (χ3v) is 9.08. The van der Waals surface area contributed by atoms with Crippen molar-refractivity contribution >= 4 is 54.7 Å². The van der Waals surface area contributed by atoms with Crippen LogP contribution in [0.1, 0.15) is 45.4 Å². The van der Waals surface area contributed by atoms with Crippen molar-refractivity contribution in [2.24, 2.45) is 0 Å². The number of sulfonamides is 1. The standard InChI is InChI=1S/C29H30N2O6S2/c1-5-6-15-37-29(33)20-8-10-22(11-9-20)30-28(32)26-18-21-17-23(12-14-25(21)38-26)31(3)39(34,35)27-16-19(2)7-13-24(27)36-4/h7-14,16-18H,5-6,15H2,1-4H3,(H,30,32). The maximum Gasteiger partial charge on any atom is 0.338 e. The molecule has 0 fully saturated rings. The van der Waals surface area contributed by atoms with Gasteiger partial charge >= 0.3 is 5.97 Å². The zero-order chi connectivity index (χ0) is 28.2. The highest BCUT2D eigenvalue weighted by Gasteiger charge is 2.26. The van der Waals surface area contributed by atoms with Gasteiger partial charge in [0.25, 0.3) is 15.9 Å². The molecule has 1 amide bonds. The molecule has 1 N–H and O–H groups in total. The molecule has 4 aromatic rings. The monoisotopic (exact) mass is 566 g/mol. The molecule has 0 aliphatic carbocycles.